The van der Waals surface area contributed by atoms with Crippen LogP contribution in [0.1, 0.15) is 24.0 Å². The van der Waals surface area contributed by atoms with Crippen molar-refractivity contribution in [3.63, 3.8) is 0 Å². The van der Waals surface area contributed by atoms with Gasteiger partial charge in [-0.15, -0.1) is 0 Å². The number of hydrogen-bond acceptors (Lipinski definition) is 1. The lowest BCUT2D eigenvalue weighted by Crippen LogP contribution is -2.26. The molecule has 0 unspecified atom stereocenters. The zero-order valence-corrected chi connectivity index (χ0v) is 11.3. The maximum atomic E-state index is 7.01. The normalized spacial score (nSPS) is 16.9. The SMILES string of the molecule is [C-]#[N+]c1cc(C)c(/C=C/C2CCNCC2)c(Cl)c1. The highest BCUT2D eigenvalue weighted by Gasteiger charge is 2.10. The van der Waals surface area contributed by atoms with E-state index in [1.54, 1.807) is 6.07 Å². The third-order valence-electron chi connectivity index (χ3n) is 3.37. The summed E-state index contributed by atoms with van der Waals surface area (Å²) in [7, 11) is 0. The van der Waals surface area contributed by atoms with Crippen molar-refractivity contribution < 1.29 is 0 Å². The molecule has 0 bridgehead atoms. The van der Waals surface area contributed by atoms with Gasteiger partial charge < -0.3 is 5.32 Å². The third-order valence-corrected chi connectivity index (χ3v) is 3.68. The van der Waals surface area contributed by atoms with Gasteiger partial charge in [0, 0.05) is 5.02 Å². The van der Waals surface area contributed by atoms with E-state index in [2.05, 4.69) is 22.3 Å². The predicted octanol–water partition coefficient (Wildman–Crippen LogP) is 4.21. The van der Waals surface area contributed by atoms with E-state index in [4.69, 9.17) is 18.2 Å². The largest absolute Gasteiger partial charge is 0.317 e. The molecule has 0 aromatic heterocycles. The minimum Gasteiger partial charge on any atom is -0.317 e. The topological polar surface area (TPSA) is 16.4 Å². The summed E-state index contributed by atoms with van der Waals surface area (Å²) in [4.78, 5) is 3.42. The Morgan fingerprint density at radius 1 is 1.39 bits per heavy atom. The second-order valence-corrected chi connectivity index (χ2v) is 5.12. The van der Waals surface area contributed by atoms with Crippen LogP contribution in [0.25, 0.3) is 10.9 Å². The highest BCUT2D eigenvalue weighted by Crippen LogP contribution is 2.28. The number of allylic oxidation sites excluding steroid dienone is 1. The van der Waals surface area contributed by atoms with E-state index in [1.165, 1.54) is 12.8 Å². The van der Waals surface area contributed by atoms with Crippen molar-refractivity contribution in [2.24, 2.45) is 5.92 Å². The second kappa shape index (κ2) is 6.04. The van der Waals surface area contributed by atoms with Crippen LogP contribution in [0.3, 0.4) is 0 Å². The molecule has 94 valence electrons. The van der Waals surface area contributed by atoms with Gasteiger partial charge >= 0.3 is 0 Å². The average molecular weight is 261 g/mol. The minimum absolute atomic E-state index is 0.608. The molecule has 0 saturated carbocycles. The minimum atomic E-state index is 0.608. The summed E-state index contributed by atoms with van der Waals surface area (Å²) in [6, 6.07) is 3.63. The Morgan fingerprint density at radius 3 is 2.72 bits per heavy atom. The van der Waals surface area contributed by atoms with Crippen molar-refractivity contribution in [2.75, 3.05) is 13.1 Å². The summed E-state index contributed by atoms with van der Waals surface area (Å²) in [5.74, 6) is 0.641. The first-order valence-corrected chi connectivity index (χ1v) is 6.65. The summed E-state index contributed by atoms with van der Waals surface area (Å²) < 4.78 is 0. The fraction of sp³-hybridized carbons (Fsp3) is 0.400. The monoisotopic (exact) mass is 260 g/mol. The maximum absolute atomic E-state index is 7.01. The highest BCUT2D eigenvalue weighted by atomic mass is 35.5. The lowest BCUT2D eigenvalue weighted by atomic mass is 9.96. The second-order valence-electron chi connectivity index (χ2n) is 4.72. The van der Waals surface area contributed by atoms with E-state index in [1.807, 2.05) is 13.0 Å². The third kappa shape index (κ3) is 3.13. The van der Waals surface area contributed by atoms with Gasteiger partial charge in [-0.1, -0.05) is 35.4 Å². The molecule has 1 aromatic carbocycles. The smallest absolute Gasteiger partial charge is 0.189 e. The van der Waals surface area contributed by atoms with Crippen molar-refractivity contribution in [1.82, 2.24) is 5.32 Å². The van der Waals surface area contributed by atoms with Crippen LogP contribution in [0.4, 0.5) is 5.69 Å². The van der Waals surface area contributed by atoms with E-state index in [9.17, 15) is 0 Å². The van der Waals surface area contributed by atoms with Crippen LogP contribution in [0.5, 0.6) is 0 Å². The van der Waals surface area contributed by atoms with Gasteiger partial charge in [0.1, 0.15) is 0 Å². The number of piperidine rings is 1. The van der Waals surface area contributed by atoms with E-state index in [-0.39, 0.29) is 0 Å². The van der Waals surface area contributed by atoms with Gasteiger partial charge in [-0.05, 0) is 50.4 Å². The molecule has 2 rings (SSSR count). The van der Waals surface area contributed by atoms with E-state index >= 15 is 0 Å². The van der Waals surface area contributed by atoms with Gasteiger partial charge in [-0.3, -0.25) is 0 Å². The fourth-order valence-corrected chi connectivity index (χ4v) is 2.61. The lowest BCUT2D eigenvalue weighted by molar-refractivity contribution is 0.438. The van der Waals surface area contributed by atoms with Gasteiger partial charge in [0.05, 0.1) is 6.57 Å². The molecule has 0 spiro atoms. The predicted molar refractivity (Wildman–Crippen MR) is 77.1 cm³/mol. The maximum Gasteiger partial charge on any atom is 0.189 e. The molecule has 0 amide bonds. The highest BCUT2D eigenvalue weighted by molar-refractivity contribution is 6.32. The zero-order valence-electron chi connectivity index (χ0n) is 10.5. The Labute approximate surface area is 113 Å². The molecule has 0 atom stereocenters. The van der Waals surface area contributed by atoms with Crippen LogP contribution in [-0.4, -0.2) is 13.1 Å². The summed E-state index contributed by atoms with van der Waals surface area (Å²) in [5.41, 5.74) is 2.72. The summed E-state index contributed by atoms with van der Waals surface area (Å²) >= 11 is 6.22. The molecule has 0 radical (unpaired) electrons. The van der Waals surface area contributed by atoms with Gasteiger partial charge in [0.2, 0.25) is 0 Å². The lowest BCUT2D eigenvalue weighted by Gasteiger charge is -2.19. The molecule has 1 N–H and O–H groups in total. The molecule has 1 saturated heterocycles. The molecule has 1 aliphatic heterocycles. The number of hydrogen-bond donors (Lipinski definition) is 1. The molecule has 1 aliphatic rings. The van der Waals surface area contributed by atoms with Gasteiger partial charge in [-0.2, -0.15) is 0 Å². The van der Waals surface area contributed by atoms with E-state index in [0.717, 1.165) is 24.2 Å². The van der Waals surface area contributed by atoms with Crippen LogP contribution < -0.4 is 5.32 Å². The molecule has 1 heterocycles. The van der Waals surface area contributed by atoms with Gasteiger partial charge in [0.25, 0.3) is 0 Å². The first-order chi connectivity index (χ1) is 8.70. The Hall–Kier alpha value is -1.30. The summed E-state index contributed by atoms with van der Waals surface area (Å²) in [6.45, 7) is 11.2. The average Bonchev–Trinajstić information content (AvgIpc) is 2.38. The van der Waals surface area contributed by atoms with Crippen molar-refractivity contribution >= 4 is 23.4 Å². The molecule has 1 aromatic rings. The Bertz CT molecular complexity index is 471. The molecular weight excluding hydrogens is 244 g/mol. The molecule has 1 fully saturated rings. The van der Waals surface area contributed by atoms with Crippen LogP contribution in [0, 0.1) is 19.4 Å². The van der Waals surface area contributed by atoms with Crippen molar-refractivity contribution in [1.29, 1.82) is 0 Å². The number of aryl methyl sites for hydroxylation is 1. The Kier molecular flexibility index (Phi) is 4.41. The molecule has 0 aliphatic carbocycles. The van der Waals surface area contributed by atoms with Crippen LogP contribution >= 0.6 is 11.6 Å². The first-order valence-electron chi connectivity index (χ1n) is 6.27. The Morgan fingerprint density at radius 2 is 2.11 bits per heavy atom. The number of halogens is 1. The quantitative estimate of drug-likeness (QED) is 0.788. The number of nitrogens with zero attached hydrogens (tertiary/aromatic N) is 1. The zero-order chi connectivity index (χ0) is 13.0. The van der Waals surface area contributed by atoms with E-state index in [0.29, 0.717) is 16.6 Å². The summed E-state index contributed by atoms with van der Waals surface area (Å²) in [5, 5.41) is 4.03. The number of rotatable bonds is 2. The fourth-order valence-electron chi connectivity index (χ4n) is 2.28. The number of benzene rings is 1. The van der Waals surface area contributed by atoms with Crippen molar-refractivity contribution in [2.45, 2.75) is 19.8 Å². The molecule has 2 nitrogen and oxygen atoms in total. The van der Waals surface area contributed by atoms with Crippen LogP contribution in [-0.2, 0) is 0 Å². The Balaban J connectivity index is 2.18. The molecule has 18 heavy (non-hydrogen) atoms. The molecule has 3 heteroatoms. The number of nitrogens with one attached hydrogen (secondary N) is 1. The standard InChI is InChI=1S/C15H17ClN2/c1-11-9-13(17-2)10-15(16)14(11)4-3-12-5-7-18-8-6-12/h3-4,9-10,12,18H,5-8H2,1H3/b4-3+. The van der Waals surface area contributed by atoms with Crippen LogP contribution in [0.2, 0.25) is 5.02 Å². The van der Waals surface area contributed by atoms with E-state index < -0.39 is 0 Å². The summed E-state index contributed by atoms with van der Waals surface area (Å²) in [6.07, 6.45) is 6.74. The van der Waals surface area contributed by atoms with Crippen molar-refractivity contribution in [3.8, 4) is 0 Å². The van der Waals surface area contributed by atoms with Crippen molar-refractivity contribution in [3.05, 3.63) is 45.8 Å². The molecular formula is C15H17ClN2. The van der Waals surface area contributed by atoms with Crippen LogP contribution in [0.15, 0.2) is 18.2 Å². The van der Waals surface area contributed by atoms with Gasteiger partial charge in [0.15, 0.2) is 5.69 Å². The van der Waals surface area contributed by atoms with Gasteiger partial charge in [-0.25, -0.2) is 4.85 Å². The first kappa shape index (κ1) is 13.1.